The van der Waals surface area contributed by atoms with Crippen molar-refractivity contribution in [2.24, 2.45) is 17.1 Å². The zero-order chi connectivity index (χ0) is 33.0. The summed E-state index contributed by atoms with van der Waals surface area (Å²) in [7, 11) is -3.93. The average Bonchev–Trinajstić information content (AvgIpc) is 3.57. The zero-order valence-corrected chi connectivity index (χ0v) is 26.9. The summed E-state index contributed by atoms with van der Waals surface area (Å²) in [5, 5.41) is 45.3. The number of H-pyrrole nitrogens is 1. The Balaban J connectivity index is 2.17. The van der Waals surface area contributed by atoms with Crippen LogP contribution in [0.4, 0.5) is 0 Å². The van der Waals surface area contributed by atoms with Crippen molar-refractivity contribution in [1.82, 2.24) is 15.3 Å². The van der Waals surface area contributed by atoms with Crippen LogP contribution < -0.4 is 11.1 Å². The number of aromatic amines is 1. The van der Waals surface area contributed by atoms with Crippen LogP contribution in [0, 0.1) is 11.3 Å². The maximum atomic E-state index is 14.7. The highest BCUT2D eigenvalue weighted by molar-refractivity contribution is 7.91. The molecular formula is C32H50N4O8S. The summed E-state index contributed by atoms with van der Waals surface area (Å²) in [4.78, 5) is 35.3. The van der Waals surface area contributed by atoms with E-state index in [4.69, 9.17) is 5.73 Å². The molecule has 1 heterocycles. The second kappa shape index (κ2) is 17.3. The molecule has 1 amide bonds. The first-order chi connectivity index (χ1) is 21.4. The van der Waals surface area contributed by atoms with Crippen LogP contribution in [0.5, 0.6) is 0 Å². The number of aryl methyl sites for hydroxylation is 1. The second-order valence-corrected chi connectivity index (χ2v) is 14.5. The van der Waals surface area contributed by atoms with E-state index in [1.165, 1.54) is 6.33 Å². The van der Waals surface area contributed by atoms with Crippen LogP contribution in [-0.2, 0) is 32.3 Å². The maximum Gasteiger partial charge on any atom is 0.237 e. The molecule has 0 radical (unpaired) electrons. The van der Waals surface area contributed by atoms with Gasteiger partial charge in [-0.3, -0.25) is 9.59 Å². The number of Topliss-reactive ketones (excluding diaryl/α,β-unsaturated/α-hetero) is 1. The zero-order valence-electron chi connectivity index (χ0n) is 26.1. The third-order valence-corrected chi connectivity index (χ3v) is 10.9. The third kappa shape index (κ3) is 9.90. The maximum absolute atomic E-state index is 14.7. The lowest BCUT2D eigenvalue weighted by molar-refractivity contribution is -0.148. The number of nitrogens with one attached hydrogen (secondary N) is 2. The summed E-state index contributed by atoms with van der Waals surface area (Å²) in [5.74, 6) is -2.66. The summed E-state index contributed by atoms with van der Waals surface area (Å²) in [5.41, 5.74) is 5.73. The summed E-state index contributed by atoms with van der Waals surface area (Å²) in [6.45, 7) is 0.944. The quantitative estimate of drug-likeness (QED) is 0.114. The lowest BCUT2D eigenvalue weighted by Gasteiger charge is -2.49. The number of hydrogen-bond acceptors (Lipinski definition) is 10. The van der Waals surface area contributed by atoms with Crippen LogP contribution in [0.25, 0.3) is 0 Å². The van der Waals surface area contributed by atoms with Crippen molar-refractivity contribution in [3.05, 3.63) is 54.1 Å². The Morgan fingerprint density at radius 1 is 1.11 bits per heavy atom. The molecule has 0 saturated heterocycles. The van der Waals surface area contributed by atoms with Gasteiger partial charge in [0.2, 0.25) is 5.91 Å². The number of benzene rings is 1. The molecule has 3 rings (SSSR count). The van der Waals surface area contributed by atoms with Gasteiger partial charge in [0.25, 0.3) is 0 Å². The Morgan fingerprint density at radius 3 is 2.40 bits per heavy atom. The van der Waals surface area contributed by atoms with Gasteiger partial charge < -0.3 is 36.5 Å². The average molecular weight is 651 g/mol. The van der Waals surface area contributed by atoms with Crippen molar-refractivity contribution in [2.45, 2.75) is 102 Å². The van der Waals surface area contributed by atoms with Crippen LogP contribution in [0.2, 0.25) is 0 Å². The number of hydrogen-bond donors (Lipinski definition) is 7. The Kier molecular flexibility index (Phi) is 14.1. The number of sulfone groups is 1. The van der Waals surface area contributed by atoms with Gasteiger partial charge in [0.1, 0.15) is 24.1 Å². The molecule has 0 spiro atoms. The largest absolute Gasteiger partial charge is 0.394 e. The molecular weight excluding hydrogens is 600 g/mol. The van der Waals surface area contributed by atoms with Crippen LogP contribution in [0.15, 0.2) is 42.9 Å². The molecule has 8 N–H and O–H groups in total. The number of nitrogens with zero attached hydrogens (tertiary/aromatic N) is 1. The van der Waals surface area contributed by atoms with Gasteiger partial charge >= 0.3 is 0 Å². The molecule has 2 aromatic rings. The third-order valence-electron chi connectivity index (χ3n) is 9.05. The van der Waals surface area contributed by atoms with Crippen molar-refractivity contribution in [2.75, 3.05) is 18.1 Å². The van der Waals surface area contributed by atoms with Gasteiger partial charge in [0.15, 0.2) is 9.84 Å². The Bertz CT molecular complexity index is 1290. The minimum Gasteiger partial charge on any atom is -0.394 e. The van der Waals surface area contributed by atoms with E-state index in [9.17, 15) is 38.4 Å². The van der Waals surface area contributed by atoms with Crippen LogP contribution in [-0.4, -0.2) is 99.0 Å². The SMILES string of the molecule is CCCCS(=O)(=O)CC(C(=O)CCc1ccccc1)(C1CCCCC1)[C@H](NC(=O)[C@@H](N)Cc1c[nH]cn1)[C@@H](O)[C@@H](O)[C@H](O)CO. The van der Waals surface area contributed by atoms with Gasteiger partial charge in [-0.05, 0) is 37.2 Å². The summed E-state index contributed by atoms with van der Waals surface area (Å²) in [6, 6.07) is 6.40. The van der Waals surface area contributed by atoms with E-state index in [1.807, 2.05) is 37.3 Å². The number of nitrogens with two attached hydrogens (primary N) is 1. The van der Waals surface area contributed by atoms with Crippen LogP contribution >= 0.6 is 0 Å². The number of ketones is 1. The monoisotopic (exact) mass is 650 g/mol. The molecule has 1 aromatic carbocycles. The van der Waals surface area contributed by atoms with E-state index in [-0.39, 0.29) is 18.6 Å². The van der Waals surface area contributed by atoms with Crippen molar-refractivity contribution < 1.29 is 38.4 Å². The smallest absolute Gasteiger partial charge is 0.237 e. The fourth-order valence-corrected chi connectivity index (χ4v) is 8.71. The van der Waals surface area contributed by atoms with Gasteiger partial charge in [-0.25, -0.2) is 13.4 Å². The van der Waals surface area contributed by atoms with Crippen LogP contribution in [0.1, 0.15) is 69.5 Å². The molecule has 1 saturated carbocycles. The number of amides is 1. The molecule has 45 heavy (non-hydrogen) atoms. The van der Waals surface area contributed by atoms with Gasteiger partial charge in [0, 0.05) is 19.0 Å². The van der Waals surface area contributed by atoms with Crippen molar-refractivity contribution >= 4 is 21.5 Å². The summed E-state index contributed by atoms with van der Waals surface area (Å²) < 4.78 is 27.6. The Hall–Kier alpha value is -2.68. The minimum absolute atomic E-state index is 0.00709. The highest BCUT2D eigenvalue weighted by Gasteiger charge is 2.57. The molecule has 1 unspecified atom stereocenters. The molecule has 1 fully saturated rings. The Labute approximate surface area is 265 Å². The van der Waals surface area contributed by atoms with E-state index >= 15 is 0 Å². The van der Waals surface area contributed by atoms with Crippen molar-refractivity contribution in [3.63, 3.8) is 0 Å². The normalized spacial score (nSPS) is 19.2. The fraction of sp³-hybridized carbons (Fsp3) is 0.656. The second-order valence-electron chi connectivity index (χ2n) is 12.3. The molecule has 1 aliphatic carbocycles. The lowest BCUT2D eigenvalue weighted by Crippen LogP contribution is -2.68. The molecule has 12 nitrogen and oxygen atoms in total. The van der Waals surface area contributed by atoms with Gasteiger partial charge in [-0.1, -0.05) is 62.9 Å². The fourth-order valence-electron chi connectivity index (χ4n) is 6.53. The van der Waals surface area contributed by atoms with E-state index in [0.717, 1.165) is 12.0 Å². The van der Waals surface area contributed by atoms with Gasteiger partial charge in [-0.2, -0.15) is 0 Å². The number of rotatable bonds is 19. The van der Waals surface area contributed by atoms with E-state index in [0.29, 0.717) is 50.6 Å². The van der Waals surface area contributed by atoms with E-state index in [1.54, 1.807) is 6.20 Å². The first-order valence-corrected chi connectivity index (χ1v) is 17.7. The number of unbranched alkanes of at least 4 members (excludes halogenated alkanes) is 1. The Morgan fingerprint density at radius 2 is 1.80 bits per heavy atom. The number of carbonyl (C=O) groups is 2. The molecule has 6 atom stereocenters. The first kappa shape index (κ1) is 36.8. The number of carbonyl (C=O) groups excluding carboxylic acids is 2. The first-order valence-electron chi connectivity index (χ1n) is 15.9. The molecule has 13 heteroatoms. The van der Waals surface area contributed by atoms with Gasteiger partial charge in [0.05, 0.1) is 47.6 Å². The number of aliphatic hydroxyl groups is 4. The highest BCUT2D eigenvalue weighted by atomic mass is 32.2. The highest BCUT2D eigenvalue weighted by Crippen LogP contribution is 2.46. The number of aliphatic hydroxyl groups excluding tert-OH is 4. The predicted octanol–water partition coefficient (Wildman–Crippen LogP) is 0.823. The molecule has 0 bridgehead atoms. The standard InChI is InChI=1S/C32H50N4O8S/c1-2-3-16-45(43,44)20-32(23-12-8-5-9-13-23,27(39)15-14-22-10-6-4-7-11-22)30(29(41)28(40)26(38)19-37)36-31(42)25(33)17-24-18-34-21-35-24/h4,6-7,10-11,18,21,23,25-26,28-30,37-38,40-41H,2-3,5,8-9,12-17,19-20,33H2,1H3,(H,34,35)(H,36,42)/t25-,26+,28-,29-,30+,32?/m0/s1. The van der Waals surface area contributed by atoms with Crippen LogP contribution in [0.3, 0.4) is 0 Å². The van der Waals surface area contributed by atoms with Gasteiger partial charge in [-0.15, -0.1) is 0 Å². The molecule has 1 aliphatic rings. The lowest BCUT2D eigenvalue weighted by atomic mass is 9.60. The summed E-state index contributed by atoms with van der Waals surface area (Å²) in [6.07, 6.45) is 1.58. The number of aromatic nitrogens is 2. The molecule has 0 aliphatic heterocycles. The van der Waals surface area contributed by atoms with Crippen molar-refractivity contribution in [1.29, 1.82) is 0 Å². The number of imidazole rings is 1. The van der Waals surface area contributed by atoms with E-state index in [2.05, 4.69) is 15.3 Å². The molecule has 1 aromatic heterocycles. The predicted molar refractivity (Wildman–Crippen MR) is 170 cm³/mol. The topological polar surface area (TPSA) is 216 Å². The summed E-state index contributed by atoms with van der Waals surface area (Å²) >= 11 is 0. The molecule has 252 valence electrons. The van der Waals surface area contributed by atoms with Crippen molar-refractivity contribution in [3.8, 4) is 0 Å². The minimum atomic E-state index is -3.93. The van der Waals surface area contributed by atoms with E-state index < -0.39 is 75.6 Å².